The molecule has 0 aromatic rings. The van der Waals surface area contributed by atoms with Crippen LogP contribution in [0.4, 0.5) is 0 Å². The fourth-order valence-corrected chi connectivity index (χ4v) is 0.461. The van der Waals surface area contributed by atoms with Gasteiger partial charge in [-0.3, -0.25) is 0 Å². The first-order valence-electron chi connectivity index (χ1n) is 6.04. The van der Waals surface area contributed by atoms with Crippen molar-refractivity contribution in [1.82, 2.24) is 6.15 Å². The molecule has 0 aromatic carbocycles. The normalized spacial score (nSPS) is 7.41. The van der Waals surface area contributed by atoms with Crippen molar-refractivity contribution in [2.24, 2.45) is 0 Å². The Balaban J connectivity index is -0.0000000400. The maximum absolute atomic E-state index is 9.53. The second-order valence-corrected chi connectivity index (χ2v) is 3.21. The van der Waals surface area contributed by atoms with E-state index < -0.39 is 0 Å². The van der Waals surface area contributed by atoms with Crippen molar-refractivity contribution in [3.63, 3.8) is 0 Å². The molecule has 0 atom stereocenters. The molecule has 5 heteroatoms. The molecule has 4 nitrogen and oxygen atoms in total. The molecule has 5 N–H and O–H groups in total. The summed E-state index contributed by atoms with van der Waals surface area (Å²) in [5.41, 5.74) is 0. The van der Waals surface area contributed by atoms with Crippen LogP contribution in [-0.4, -0.2) is 30.0 Å². The summed E-state index contributed by atoms with van der Waals surface area (Å²) in [5.74, 6) is 0. The van der Waals surface area contributed by atoms with Gasteiger partial charge in [-0.15, -0.1) is 6.61 Å². The first-order chi connectivity index (χ1) is 7.24. The van der Waals surface area contributed by atoms with Crippen LogP contribution < -0.4 is 30.1 Å². The molecule has 0 aliphatic carbocycles. The third-order valence-electron chi connectivity index (χ3n) is 1.52. The molecule has 0 spiro atoms. The van der Waals surface area contributed by atoms with E-state index >= 15 is 0 Å². The molecule has 0 radical (unpaired) electrons. The predicted molar refractivity (Wildman–Crippen MR) is 68.8 cm³/mol. The van der Waals surface area contributed by atoms with Crippen LogP contribution in [0.15, 0.2) is 0 Å². The summed E-state index contributed by atoms with van der Waals surface area (Å²) < 4.78 is 0. The summed E-state index contributed by atoms with van der Waals surface area (Å²) in [6.45, 7) is 6.90. The molecule has 0 heterocycles. The van der Waals surface area contributed by atoms with Gasteiger partial charge in [-0.25, -0.2) is 0 Å². The maximum atomic E-state index is 9.53. The van der Waals surface area contributed by atoms with Crippen LogP contribution in [0.5, 0.6) is 0 Å². The zero-order valence-electron chi connectivity index (χ0n) is 12.4. The fraction of sp³-hybridized carbons (Fsp3) is 1.00. The summed E-state index contributed by atoms with van der Waals surface area (Å²) in [5, 5.41) is 25.7. The van der Waals surface area contributed by atoms with Crippen LogP contribution >= 0.6 is 0 Å². The van der Waals surface area contributed by atoms with Gasteiger partial charge in [0.2, 0.25) is 0 Å². The molecule has 0 fully saturated rings. The van der Waals surface area contributed by atoms with Gasteiger partial charge in [0, 0.05) is 13.2 Å². The third-order valence-corrected chi connectivity index (χ3v) is 1.52. The van der Waals surface area contributed by atoms with Crippen molar-refractivity contribution < 1.29 is 34.2 Å². The number of aliphatic hydroxyl groups excluding tert-OH is 2. The van der Waals surface area contributed by atoms with Crippen molar-refractivity contribution in [3.05, 3.63) is 0 Å². The Morgan fingerprint density at radius 3 is 1.06 bits per heavy atom. The second-order valence-electron chi connectivity index (χ2n) is 3.21. The van der Waals surface area contributed by atoms with Crippen molar-refractivity contribution in [3.8, 4) is 0 Å². The smallest absolute Gasteiger partial charge is 0.854 e. The third kappa shape index (κ3) is 82.7. The summed E-state index contributed by atoms with van der Waals surface area (Å²) in [4.78, 5) is 0. The van der Waals surface area contributed by atoms with Crippen LogP contribution in [0.2, 0.25) is 0 Å². The average molecular weight is 245 g/mol. The van der Waals surface area contributed by atoms with Gasteiger partial charge in [-0.2, -0.15) is 0 Å². The summed E-state index contributed by atoms with van der Waals surface area (Å²) in [6, 6.07) is 0. The van der Waals surface area contributed by atoms with Gasteiger partial charge in [-0.05, 0) is 12.8 Å². The molecular weight excluding hydrogens is 213 g/mol. The number of hydrogen-bond donors (Lipinski definition) is 3. The van der Waals surface area contributed by atoms with Crippen LogP contribution in [0.25, 0.3) is 0 Å². The van der Waals surface area contributed by atoms with Crippen molar-refractivity contribution in [1.29, 1.82) is 0 Å². The Hall–Kier alpha value is 0.437. The second kappa shape index (κ2) is 44.0. The Morgan fingerprint density at radius 1 is 0.765 bits per heavy atom. The Morgan fingerprint density at radius 2 is 1.06 bits per heavy atom. The minimum absolute atomic E-state index is 0. The molecule has 0 unspecified atom stereocenters. The van der Waals surface area contributed by atoms with E-state index in [1.807, 2.05) is 6.92 Å². The van der Waals surface area contributed by atoms with E-state index in [4.69, 9.17) is 10.2 Å². The number of unbranched alkanes of at least 4 members (excludes halogenated alkanes) is 3. The molecule has 0 saturated heterocycles. The van der Waals surface area contributed by atoms with E-state index in [1.54, 1.807) is 0 Å². The van der Waals surface area contributed by atoms with Crippen molar-refractivity contribution in [2.45, 2.75) is 59.3 Å². The van der Waals surface area contributed by atoms with Gasteiger partial charge in [0.15, 0.2) is 0 Å². The largest absolute Gasteiger partial charge is 1.00 e. The molecule has 104 valence electrons. The first kappa shape index (κ1) is 30.5. The van der Waals surface area contributed by atoms with Gasteiger partial charge >= 0.3 is 18.9 Å². The van der Waals surface area contributed by atoms with Gasteiger partial charge in [-0.1, -0.05) is 46.5 Å². The average Bonchev–Trinajstić information content (AvgIpc) is 2.23. The van der Waals surface area contributed by atoms with Crippen LogP contribution in [0.1, 0.15) is 59.3 Å². The van der Waals surface area contributed by atoms with E-state index in [1.165, 1.54) is 0 Å². The molecule has 0 saturated carbocycles. The van der Waals surface area contributed by atoms with E-state index in [0.29, 0.717) is 13.2 Å². The van der Waals surface area contributed by atoms with Crippen LogP contribution in [0, 0.1) is 0 Å². The Bertz CT molecular complexity index is 58.5. The minimum atomic E-state index is 0. The standard InChI is InChI=1S/2C4H10O.C4H9O.Li.H3N/c3*1-2-3-4-5;;/h2*5H,2-4H2,1H3;2-4H2,1H3;;1H3/q;;-1;+1;. The van der Waals surface area contributed by atoms with Gasteiger partial charge in [0.25, 0.3) is 0 Å². The molecule has 0 bridgehead atoms. The molecule has 0 aliphatic heterocycles. The quantitative estimate of drug-likeness (QED) is 0.516. The summed E-state index contributed by atoms with van der Waals surface area (Å²) in [7, 11) is 0. The zero-order chi connectivity index (χ0) is 12.4. The number of hydrogen-bond acceptors (Lipinski definition) is 4. The van der Waals surface area contributed by atoms with Crippen molar-refractivity contribution in [2.75, 3.05) is 19.8 Å². The monoisotopic (exact) mass is 245 g/mol. The predicted octanol–water partition coefficient (Wildman–Crippen LogP) is -1.13. The van der Waals surface area contributed by atoms with E-state index in [2.05, 4.69) is 13.8 Å². The SMILES string of the molecule is CCCCO.CCCCO.CCCC[O-].N.[Li+]. The zero-order valence-corrected chi connectivity index (χ0v) is 12.4. The molecule has 0 aromatic heterocycles. The molecular formula is C12H32LiNO3. The van der Waals surface area contributed by atoms with Crippen LogP contribution in [0.3, 0.4) is 0 Å². The topological polar surface area (TPSA) is 98.5 Å². The fourth-order valence-electron chi connectivity index (χ4n) is 0.461. The van der Waals surface area contributed by atoms with Gasteiger partial charge in [0.1, 0.15) is 0 Å². The van der Waals surface area contributed by atoms with Crippen molar-refractivity contribution >= 4 is 0 Å². The Labute approximate surface area is 120 Å². The maximum Gasteiger partial charge on any atom is 1.00 e. The number of rotatable bonds is 6. The minimum Gasteiger partial charge on any atom is -0.854 e. The molecule has 0 aliphatic rings. The van der Waals surface area contributed by atoms with Gasteiger partial charge in [0.05, 0.1) is 0 Å². The summed E-state index contributed by atoms with van der Waals surface area (Å²) >= 11 is 0. The molecule has 0 rings (SSSR count). The Kier molecular flexibility index (Phi) is 78.8. The summed E-state index contributed by atoms with van der Waals surface area (Å²) in [6.07, 6.45) is 5.94. The van der Waals surface area contributed by atoms with Gasteiger partial charge < -0.3 is 21.5 Å². The number of aliphatic hydroxyl groups is 2. The molecule has 0 amide bonds. The van der Waals surface area contributed by atoms with E-state index in [9.17, 15) is 5.11 Å². The van der Waals surface area contributed by atoms with E-state index in [0.717, 1.165) is 38.5 Å². The van der Waals surface area contributed by atoms with E-state index in [-0.39, 0.29) is 31.6 Å². The molecule has 17 heavy (non-hydrogen) atoms. The van der Waals surface area contributed by atoms with Crippen LogP contribution in [-0.2, 0) is 0 Å². The first-order valence-corrected chi connectivity index (χ1v) is 6.04.